The van der Waals surface area contributed by atoms with Gasteiger partial charge in [0.15, 0.2) is 11.5 Å². The van der Waals surface area contributed by atoms with Gasteiger partial charge in [-0.3, -0.25) is 4.79 Å². The largest absolute Gasteiger partial charge is 0.504 e. The van der Waals surface area contributed by atoms with Gasteiger partial charge in [0, 0.05) is 11.3 Å². The summed E-state index contributed by atoms with van der Waals surface area (Å²) in [7, 11) is 1.55. The third-order valence-corrected chi connectivity index (χ3v) is 6.97. The minimum absolute atomic E-state index is 0.117. The molecule has 1 unspecified atom stereocenters. The van der Waals surface area contributed by atoms with E-state index < -0.39 is 0 Å². The van der Waals surface area contributed by atoms with Gasteiger partial charge in [0.05, 0.1) is 24.5 Å². The molecule has 1 aliphatic carbocycles. The van der Waals surface area contributed by atoms with Crippen molar-refractivity contribution >= 4 is 11.6 Å². The van der Waals surface area contributed by atoms with E-state index in [0.29, 0.717) is 23.0 Å². The van der Waals surface area contributed by atoms with E-state index in [1.165, 1.54) is 18.4 Å². The normalized spacial score (nSPS) is 13.8. The molecule has 7 nitrogen and oxygen atoms in total. The van der Waals surface area contributed by atoms with E-state index in [2.05, 4.69) is 34.8 Å². The van der Waals surface area contributed by atoms with E-state index in [-0.39, 0.29) is 17.7 Å². The first-order valence-corrected chi connectivity index (χ1v) is 13.1. The minimum Gasteiger partial charge on any atom is -0.504 e. The fourth-order valence-electron chi connectivity index (χ4n) is 4.71. The second kappa shape index (κ2) is 11.1. The van der Waals surface area contributed by atoms with Gasteiger partial charge in [-0.1, -0.05) is 43.3 Å². The van der Waals surface area contributed by atoms with Crippen LogP contribution in [0.3, 0.4) is 0 Å². The molecule has 7 heteroatoms. The van der Waals surface area contributed by atoms with Crippen LogP contribution in [0.1, 0.15) is 58.7 Å². The number of nitrogens with zero attached hydrogens (tertiary/aromatic N) is 2. The summed E-state index contributed by atoms with van der Waals surface area (Å²) in [5.74, 6) is 0.964. The van der Waals surface area contributed by atoms with Gasteiger partial charge >= 0.3 is 0 Å². The summed E-state index contributed by atoms with van der Waals surface area (Å²) >= 11 is 0. The number of anilines is 1. The van der Waals surface area contributed by atoms with Crippen LogP contribution in [0.5, 0.6) is 11.5 Å². The summed E-state index contributed by atoms with van der Waals surface area (Å²) in [6.45, 7) is 4.84. The molecule has 3 N–H and O–H groups in total. The molecule has 1 amide bonds. The van der Waals surface area contributed by atoms with Gasteiger partial charge in [-0.2, -0.15) is 5.10 Å². The Morgan fingerprint density at radius 2 is 1.89 bits per heavy atom. The number of hydrogen-bond acceptors (Lipinski definition) is 5. The van der Waals surface area contributed by atoms with E-state index in [1.54, 1.807) is 23.9 Å². The van der Waals surface area contributed by atoms with Gasteiger partial charge in [0.2, 0.25) is 0 Å². The van der Waals surface area contributed by atoms with E-state index in [1.807, 2.05) is 55.5 Å². The van der Waals surface area contributed by atoms with Crippen molar-refractivity contribution in [1.82, 2.24) is 15.1 Å². The topological polar surface area (TPSA) is 88.4 Å². The van der Waals surface area contributed by atoms with Gasteiger partial charge in [-0.25, -0.2) is 4.68 Å². The van der Waals surface area contributed by atoms with Gasteiger partial charge in [-0.05, 0) is 86.2 Å². The summed E-state index contributed by atoms with van der Waals surface area (Å²) in [5.41, 5.74) is 5.61. The Morgan fingerprint density at radius 3 is 2.66 bits per heavy atom. The van der Waals surface area contributed by atoms with Crippen LogP contribution in [-0.4, -0.2) is 34.4 Å². The van der Waals surface area contributed by atoms with Crippen molar-refractivity contribution in [3.8, 4) is 17.2 Å². The smallest absolute Gasteiger partial charge is 0.274 e. The number of ether oxygens (including phenoxy) is 1. The lowest BCUT2D eigenvalue weighted by molar-refractivity contribution is 0.101. The van der Waals surface area contributed by atoms with E-state index >= 15 is 0 Å². The SMILES string of the molecule is CCc1cccc(-n2nc(C)cc2C(=O)Nc2cccc(C(NCC3CC3)c3cccc(OC)c3O)c2)c1. The number of hydrogen-bond donors (Lipinski definition) is 3. The molecule has 1 atom stereocenters. The van der Waals surface area contributed by atoms with E-state index in [0.717, 1.165) is 35.5 Å². The van der Waals surface area contributed by atoms with Crippen LogP contribution in [0.25, 0.3) is 5.69 Å². The Kier molecular flexibility index (Phi) is 7.47. The Morgan fingerprint density at radius 1 is 1.11 bits per heavy atom. The maximum atomic E-state index is 13.4. The molecule has 0 radical (unpaired) electrons. The molecule has 0 aliphatic heterocycles. The molecule has 38 heavy (non-hydrogen) atoms. The van der Waals surface area contributed by atoms with Crippen molar-refractivity contribution in [1.29, 1.82) is 0 Å². The molecule has 0 spiro atoms. The maximum absolute atomic E-state index is 13.4. The first kappa shape index (κ1) is 25.5. The van der Waals surface area contributed by atoms with Crippen molar-refractivity contribution < 1.29 is 14.6 Å². The highest BCUT2D eigenvalue weighted by Gasteiger charge is 2.26. The van der Waals surface area contributed by atoms with Crippen molar-refractivity contribution in [2.75, 3.05) is 19.0 Å². The lowest BCUT2D eigenvalue weighted by Crippen LogP contribution is -2.25. The van der Waals surface area contributed by atoms with E-state index in [4.69, 9.17) is 4.74 Å². The van der Waals surface area contributed by atoms with E-state index in [9.17, 15) is 9.90 Å². The molecular formula is C31H34N4O3. The van der Waals surface area contributed by atoms with Crippen LogP contribution < -0.4 is 15.4 Å². The number of nitrogens with one attached hydrogen (secondary N) is 2. The molecule has 1 aromatic heterocycles. The number of aryl methyl sites for hydroxylation is 2. The predicted molar refractivity (Wildman–Crippen MR) is 149 cm³/mol. The average Bonchev–Trinajstić information content (AvgIpc) is 3.68. The number of aromatic hydroxyl groups is 1. The zero-order valence-corrected chi connectivity index (χ0v) is 22.1. The number of benzene rings is 3. The van der Waals surface area contributed by atoms with Crippen LogP contribution in [0, 0.1) is 12.8 Å². The number of carbonyl (C=O) groups is 1. The zero-order valence-electron chi connectivity index (χ0n) is 22.1. The van der Waals surface area contributed by atoms with Crippen LogP contribution in [0.2, 0.25) is 0 Å². The molecule has 1 aliphatic rings. The standard InChI is InChI=1S/C31H34N4O3/c1-4-21-8-5-11-25(17-21)35-27(16-20(2)34-35)31(37)33-24-10-6-9-23(18-24)29(32-19-22-14-15-22)26-12-7-13-28(38-3)30(26)36/h5-13,16-18,22,29,32,36H,4,14-15,19H2,1-3H3,(H,33,37). The van der Waals surface area contributed by atoms with Crippen molar-refractivity contribution in [2.45, 2.75) is 39.2 Å². The van der Waals surface area contributed by atoms with Crippen LogP contribution >= 0.6 is 0 Å². The molecule has 1 heterocycles. The highest BCUT2D eigenvalue weighted by atomic mass is 16.5. The third-order valence-electron chi connectivity index (χ3n) is 6.97. The summed E-state index contributed by atoms with van der Waals surface area (Å²) in [5, 5.41) is 22.2. The second-order valence-electron chi connectivity index (χ2n) is 9.87. The monoisotopic (exact) mass is 510 g/mol. The van der Waals surface area contributed by atoms with Gasteiger partial charge in [0.1, 0.15) is 5.69 Å². The van der Waals surface area contributed by atoms with Crippen molar-refractivity contribution in [2.24, 2.45) is 5.92 Å². The molecule has 5 rings (SSSR count). The van der Waals surface area contributed by atoms with Crippen LogP contribution in [0.15, 0.2) is 72.8 Å². The number of phenols is 1. The minimum atomic E-state index is -0.257. The lowest BCUT2D eigenvalue weighted by atomic mass is 9.96. The molecular weight excluding hydrogens is 476 g/mol. The highest BCUT2D eigenvalue weighted by molar-refractivity contribution is 6.03. The Bertz CT molecular complexity index is 1440. The molecule has 3 aromatic carbocycles. The Balaban J connectivity index is 1.43. The predicted octanol–water partition coefficient (Wildman–Crippen LogP) is 5.80. The zero-order chi connectivity index (χ0) is 26.6. The second-order valence-corrected chi connectivity index (χ2v) is 9.87. The summed E-state index contributed by atoms with van der Waals surface area (Å²) < 4.78 is 7.05. The number of carbonyl (C=O) groups excluding carboxylic acids is 1. The van der Waals surface area contributed by atoms with Crippen molar-refractivity contribution in [3.63, 3.8) is 0 Å². The van der Waals surface area contributed by atoms with Gasteiger partial charge < -0.3 is 20.5 Å². The number of methoxy groups -OCH3 is 1. The lowest BCUT2D eigenvalue weighted by Gasteiger charge is -2.22. The fraction of sp³-hybridized carbons (Fsp3) is 0.290. The molecule has 1 saturated carbocycles. The first-order chi connectivity index (χ1) is 18.5. The number of para-hydroxylation sites is 1. The Hall–Kier alpha value is -4.10. The quantitative estimate of drug-likeness (QED) is 0.251. The Labute approximate surface area is 223 Å². The molecule has 196 valence electrons. The number of aromatic nitrogens is 2. The molecule has 1 fully saturated rings. The van der Waals surface area contributed by atoms with Crippen LogP contribution in [0.4, 0.5) is 5.69 Å². The van der Waals surface area contributed by atoms with Crippen molar-refractivity contribution in [3.05, 3.63) is 101 Å². The molecule has 0 bridgehead atoms. The first-order valence-electron chi connectivity index (χ1n) is 13.1. The number of amides is 1. The number of phenolic OH excluding ortho intramolecular Hbond substituents is 1. The highest BCUT2D eigenvalue weighted by Crippen LogP contribution is 2.38. The third kappa shape index (κ3) is 5.58. The van der Waals surface area contributed by atoms with Gasteiger partial charge in [-0.15, -0.1) is 0 Å². The summed E-state index contributed by atoms with van der Waals surface area (Å²) in [6, 6.07) is 22.9. The van der Waals surface area contributed by atoms with Crippen LogP contribution in [-0.2, 0) is 6.42 Å². The molecule has 0 saturated heterocycles. The molecule has 4 aromatic rings. The van der Waals surface area contributed by atoms with Gasteiger partial charge in [0.25, 0.3) is 5.91 Å². The number of rotatable bonds is 10. The maximum Gasteiger partial charge on any atom is 0.274 e. The average molecular weight is 511 g/mol. The fourth-order valence-corrected chi connectivity index (χ4v) is 4.71. The summed E-state index contributed by atoms with van der Waals surface area (Å²) in [6.07, 6.45) is 3.34. The summed E-state index contributed by atoms with van der Waals surface area (Å²) in [4.78, 5) is 13.4.